The van der Waals surface area contributed by atoms with Crippen LogP contribution in [0.2, 0.25) is 0 Å². The zero-order chi connectivity index (χ0) is 12.8. The van der Waals surface area contributed by atoms with Crippen LogP contribution >= 0.6 is 0 Å². The number of methoxy groups -OCH3 is 1. The monoisotopic (exact) mass is 246 g/mol. The summed E-state index contributed by atoms with van der Waals surface area (Å²) >= 11 is 0. The van der Waals surface area contributed by atoms with Crippen LogP contribution < -0.4 is 4.74 Å². The Kier molecular flexibility index (Phi) is 4.62. The number of hydrogen-bond acceptors (Lipinski definition) is 2. The number of imidazole rings is 1. The van der Waals surface area contributed by atoms with Gasteiger partial charge in [0.15, 0.2) is 0 Å². The minimum absolute atomic E-state index is 0.876. The van der Waals surface area contributed by atoms with Gasteiger partial charge in [0.2, 0.25) is 0 Å². The standard InChI is InChI=1S/C15H22N2O/c1-3-4-5-6-7-8-15-16-13-10-9-12(18-2)11-14(13)17-15/h9-11H,3-8H2,1-2H3,(H,16,17). The highest BCUT2D eigenvalue weighted by atomic mass is 16.5. The second-order valence-corrected chi connectivity index (χ2v) is 4.73. The predicted octanol–water partition coefficient (Wildman–Crippen LogP) is 4.08. The molecule has 0 radical (unpaired) electrons. The Morgan fingerprint density at radius 3 is 2.78 bits per heavy atom. The quantitative estimate of drug-likeness (QED) is 0.747. The molecule has 0 fully saturated rings. The van der Waals surface area contributed by atoms with Gasteiger partial charge in [-0.05, 0) is 18.6 Å². The molecule has 0 atom stereocenters. The lowest BCUT2D eigenvalue weighted by atomic mass is 10.1. The van der Waals surface area contributed by atoms with Crippen molar-refractivity contribution in [2.75, 3.05) is 7.11 Å². The molecule has 2 aromatic rings. The summed E-state index contributed by atoms with van der Waals surface area (Å²) in [6.07, 6.45) is 7.54. The molecule has 0 unspecified atom stereocenters. The lowest BCUT2D eigenvalue weighted by Gasteiger charge is -1.97. The highest BCUT2D eigenvalue weighted by molar-refractivity contribution is 5.76. The smallest absolute Gasteiger partial charge is 0.121 e. The number of H-pyrrole nitrogens is 1. The lowest BCUT2D eigenvalue weighted by Crippen LogP contribution is -1.88. The molecule has 0 aliphatic heterocycles. The zero-order valence-corrected chi connectivity index (χ0v) is 11.3. The van der Waals surface area contributed by atoms with Crippen molar-refractivity contribution < 1.29 is 4.74 Å². The Bertz CT molecular complexity index is 490. The molecule has 3 nitrogen and oxygen atoms in total. The van der Waals surface area contributed by atoms with Gasteiger partial charge < -0.3 is 9.72 Å². The van der Waals surface area contributed by atoms with Crippen molar-refractivity contribution in [3.05, 3.63) is 24.0 Å². The van der Waals surface area contributed by atoms with E-state index in [4.69, 9.17) is 4.74 Å². The Labute approximate surface area is 109 Å². The first-order chi connectivity index (χ1) is 8.83. The first-order valence-corrected chi connectivity index (χ1v) is 6.86. The van der Waals surface area contributed by atoms with E-state index in [1.807, 2.05) is 18.2 Å². The van der Waals surface area contributed by atoms with Gasteiger partial charge in [-0.1, -0.05) is 32.6 Å². The maximum absolute atomic E-state index is 5.21. The third-order valence-electron chi connectivity index (χ3n) is 3.26. The fourth-order valence-electron chi connectivity index (χ4n) is 2.18. The van der Waals surface area contributed by atoms with E-state index < -0.39 is 0 Å². The van der Waals surface area contributed by atoms with E-state index in [0.29, 0.717) is 0 Å². The first kappa shape index (κ1) is 12.9. The SMILES string of the molecule is CCCCCCCc1nc2ccc(OC)cc2[nH]1. The molecule has 0 saturated carbocycles. The maximum Gasteiger partial charge on any atom is 0.121 e. The average molecular weight is 246 g/mol. The van der Waals surface area contributed by atoms with Gasteiger partial charge in [-0.2, -0.15) is 0 Å². The topological polar surface area (TPSA) is 37.9 Å². The molecular weight excluding hydrogens is 224 g/mol. The molecule has 0 aliphatic rings. The van der Waals surface area contributed by atoms with Gasteiger partial charge in [0.25, 0.3) is 0 Å². The molecule has 0 bridgehead atoms. The largest absolute Gasteiger partial charge is 0.497 e. The summed E-state index contributed by atoms with van der Waals surface area (Å²) in [6, 6.07) is 5.96. The van der Waals surface area contributed by atoms with E-state index in [1.165, 1.54) is 32.1 Å². The highest BCUT2D eigenvalue weighted by Crippen LogP contribution is 2.19. The van der Waals surface area contributed by atoms with E-state index >= 15 is 0 Å². The molecule has 2 rings (SSSR count). The van der Waals surface area contributed by atoms with E-state index in [9.17, 15) is 0 Å². The van der Waals surface area contributed by atoms with Gasteiger partial charge >= 0.3 is 0 Å². The Morgan fingerprint density at radius 2 is 2.00 bits per heavy atom. The third-order valence-corrected chi connectivity index (χ3v) is 3.26. The van der Waals surface area contributed by atoms with Crippen molar-refractivity contribution in [1.29, 1.82) is 0 Å². The van der Waals surface area contributed by atoms with E-state index in [2.05, 4.69) is 16.9 Å². The number of fused-ring (bicyclic) bond motifs is 1. The minimum Gasteiger partial charge on any atom is -0.497 e. The number of ether oxygens (including phenoxy) is 1. The average Bonchev–Trinajstić information content (AvgIpc) is 2.80. The number of benzene rings is 1. The molecular formula is C15H22N2O. The summed E-state index contributed by atoms with van der Waals surface area (Å²) in [5.74, 6) is 1.97. The summed E-state index contributed by atoms with van der Waals surface area (Å²) in [4.78, 5) is 7.96. The molecule has 0 saturated heterocycles. The van der Waals surface area contributed by atoms with Crippen molar-refractivity contribution in [3.8, 4) is 5.75 Å². The van der Waals surface area contributed by atoms with Gasteiger partial charge in [-0.3, -0.25) is 0 Å². The number of nitrogens with zero attached hydrogens (tertiary/aromatic N) is 1. The summed E-state index contributed by atoms with van der Waals surface area (Å²) in [5.41, 5.74) is 2.09. The van der Waals surface area contributed by atoms with Crippen molar-refractivity contribution in [2.24, 2.45) is 0 Å². The minimum atomic E-state index is 0.876. The molecule has 1 heterocycles. The summed E-state index contributed by atoms with van der Waals surface area (Å²) in [7, 11) is 1.69. The van der Waals surface area contributed by atoms with Crippen LogP contribution in [-0.2, 0) is 6.42 Å². The molecule has 3 heteroatoms. The number of unbranched alkanes of at least 4 members (excludes halogenated alkanes) is 4. The van der Waals surface area contributed by atoms with Crippen LogP contribution in [0, 0.1) is 0 Å². The van der Waals surface area contributed by atoms with Crippen molar-refractivity contribution >= 4 is 11.0 Å². The van der Waals surface area contributed by atoms with Crippen LogP contribution in [0.15, 0.2) is 18.2 Å². The number of aryl methyl sites for hydroxylation is 1. The second kappa shape index (κ2) is 6.43. The number of nitrogens with one attached hydrogen (secondary N) is 1. The molecule has 0 amide bonds. The van der Waals surface area contributed by atoms with Gasteiger partial charge in [0.1, 0.15) is 11.6 Å². The molecule has 1 N–H and O–H groups in total. The Hall–Kier alpha value is -1.51. The molecule has 1 aromatic heterocycles. The fourth-order valence-corrected chi connectivity index (χ4v) is 2.18. The molecule has 18 heavy (non-hydrogen) atoms. The van der Waals surface area contributed by atoms with E-state index in [0.717, 1.165) is 29.0 Å². The van der Waals surface area contributed by atoms with Gasteiger partial charge in [-0.15, -0.1) is 0 Å². The van der Waals surface area contributed by atoms with E-state index in [1.54, 1.807) is 7.11 Å². The number of aromatic amines is 1. The fraction of sp³-hybridized carbons (Fsp3) is 0.533. The summed E-state index contributed by atoms with van der Waals surface area (Å²) in [5, 5.41) is 0. The van der Waals surface area contributed by atoms with Gasteiger partial charge in [-0.25, -0.2) is 4.98 Å². The summed E-state index contributed by atoms with van der Waals surface area (Å²) in [6.45, 7) is 2.24. The van der Waals surface area contributed by atoms with Crippen molar-refractivity contribution in [3.63, 3.8) is 0 Å². The highest BCUT2D eigenvalue weighted by Gasteiger charge is 2.03. The molecule has 98 valence electrons. The lowest BCUT2D eigenvalue weighted by molar-refractivity contribution is 0.415. The normalized spacial score (nSPS) is 11.0. The van der Waals surface area contributed by atoms with Gasteiger partial charge in [0.05, 0.1) is 18.1 Å². The number of aromatic nitrogens is 2. The van der Waals surface area contributed by atoms with Crippen molar-refractivity contribution in [2.45, 2.75) is 45.4 Å². The second-order valence-electron chi connectivity index (χ2n) is 4.73. The van der Waals surface area contributed by atoms with E-state index in [-0.39, 0.29) is 0 Å². The number of hydrogen-bond donors (Lipinski definition) is 1. The van der Waals surface area contributed by atoms with Crippen LogP contribution in [0.5, 0.6) is 5.75 Å². The van der Waals surface area contributed by atoms with Crippen LogP contribution in [0.3, 0.4) is 0 Å². The van der Waals surface area contributed by atoms with Crippen LogP contribution in [-0.4, -0.2) is 17.1 Å². The third kappa shape index (κ3) is 3.25. The van der Waals surface area contributed by atoms with Gasteiger partial charge in [0, 0.05) is 12.5 Å². The summed E-state index contributed by atoms with van der Waals surface area (Å²) < 4.78 is 5.21. The maximum atomic E-state index is 5.21. The Morgan fingerprint density at radius 1 is 1.17 bits per heavy atom. The number of rotatable bonds is 7. The Balaban J connectivity index is 1.93. The molecule has 1 aromatic carbocycles. The predicted molar refractivity (Wildman–Crippen MR) is 75.1 cm³/mol. The zero-order valence-electron chi connectivity index (χ0n) is 11.3. The molecule has 0 aliphatic carbocycles. The van der Waals surface area contributed by atoms with Crippen LogP contribution in [0.4, 0.5) is 0 Å². The van der Waals surface area contributed by atoms with Crippen LogP contribution in [0.25, 0.3) is 11.0 Å². The molecule has 0 spiro atoms. The first-order valence-electron chi connectivity index (χ1n) is 6.86. The van der Waals surface area contributed by atoms with Crippen LogP contribution in [0.1, 0.15) is 44.9 Å². The van der Waals surface area contributed by atoms with Crippen molar-refractivity contribution in [1.82, 2.24) is 9.97 Å².